The molecule has 0 radical (unpaired) electrons. The predicted molar refractivity (Wildman–Crippen MR) is 107 cm³/mol. The Morgan fingerprint density at radius 2 is 1.72 bits per heavy atom. The Hall–Kier alpha value is -2.68. The molecule has 0 aliphatic carbocycles. The molecule has 2 aromatic carbocycles. The van der Waals surface area contributed by atoms with Gasteiger partial charge in [0.15, 0.2) is 5.85 Å². The average Bonchev–Trinajstić information content (AvgIpc) is 2.63. The topological polar surface area (TPSA) is 131 Å². The quantitative estimate of drug-likeness (QED) is 0.276. The molecule has 2 aromatic rings. The number of hydrogen-bond donors (Lipinski definition) is 0. The first-order valence-corrected chi connectivity index (χ1v) is 10.9. The van der Waals surface area contributed by atoms with Crippen LogP contribution >= 0.6 is 19.0 Å². The van der Waals surface area contributed by atoms with E-state index in [-0.39, 0.29) is 40.3 Å². The standard InChI is InChI=1S/C17H18ClN2O8P/c1-4-26-29(3,25)11(2)27-17-10-13(6-7-14(17)19(21)22)28-16-8-5-12(18)9-15(16)20(23)24/h5-11H,4H2,1-3H3. The number of nitro benzene ring substituents is 2. The summed E-state index contributed by atoms with van der Waals surface area (Å²) in [6, 6.07) is 7.42. The Bertz CT molecular complexity index is 984. The van der Waals surface area contributed by atoms with Gasteiger partial charge >= 0.3 is 11.4 Å². The van der Waals surface area contributed by atoms with E-state index in [1.54, 1.807) is 6.92 Å². The molecule has 0 N–H and O–H groups in total. The maximum absolute atomic E-state index is 12.5. The summed E-state index contributed by atoms with van der Waals surface area (Å²) in [5, 5.41) is 22.7. The zero-order chi connectivity index (χ0) is 21.8. The molecule has 0 spiro atoms. The van der Waals surface area contributed by atoms with E-state index >= 15 is 0 Å². The lowest BCUT2D eigenvalue weighted by atomic mass is 10.2. The Morgan fingerprint density at radius 3 is 2.31 bits per heavy atom. The van der Waals surface area contributed by atoms with Gasteiger partial charge in [-0.15, -0.1) is 0 Å². The maximum atomic E-state index is 12.5. The second-order valence-corrected chi connectivity index (χ2v) is 9.14. The fourth-order valence-corrected chi connectivity index (χ4v) is 3.48. The molecule has 0 saturated carbocycles. The van der Waals surface area contributed by atoms with E-state index < -0.39 is 23.1 Å². The SMILES string of the molecule is CCOP(C)(=O)C(C)Oc1cc(Oc2ccc(Cl)cc2[N+](=O)[O-])ccc1[N+](=O)[O-]. The van der Waals surface area contributed by atoms with Gasteiger partial charge in [0.1, 0.15) is 5.75 Å². The third-order valence-electron chi connectivity index (χ3n) is 3.82. The summed E-state index contributed by atoms with van der Waals surface area (Å²) in [6.07, 6.45) is 0. The maximum Gasteiger partial charge on any atom is 0.313 e. The molecule has 0 fully saturated rings. The normalized spacial score (nSPS) is 13.9. The predicted octanol–water partition coefficient (Wildman–Crippen LogP) is 5.62. The van der Waals surface area contributed by atoms with Crippen LogP contribution in [0.3, 0.4) is 0 Å². The second kappa shape index (κ2) is 9.21. The molecule has 2 unspecified atom stereocenters. The summed E-state index contributed by atoms with van der Waals surface area (Å²) in [5.41, 5.74) is -0.757. The number of nitrogens with zero attached hydrogens (tertiary/aromatic N) is 2. The summed E-state index contributed by atoms with van der Waals surface area (Å²) in [7, 11) is -3.20. The molecule has 0 aliphatic heterocycles. The largest absolute Gasteiger partial charge is 0.473 e. The van der Waals surface area contributed by atoms with Crippen LogP contribution in [0.2, 0.25) is 5.02 Å². The van der Waals surface area contributed by atoms with Crippen LogP contribution < -0.4 is 9.47 Å². The summed E-state index contributed by atoms with van der Waals surface area (Å²) >= 11 is 5.78. The number of hydrogen-bond acceptors (Lipinski definition) is 8. The fraction of sp³-hybridized carbons (Fsp3) is 0.294. The molecular weight excluding hydrogens is 427 g/mol. The van der Waals surface area contributed by atoms with Crippen molar-refractivity contribution in [1.29, 1.82) is 0 Å². The fourth-order valence-electron chi connectivity index (χ4n) is 2.29. The van der Waals surface area contributed by atoms with Crippen LogP contribution in [0.1, 0.15) is 13.8 Å². The lowest BCUT2D eigenvalue weighted by molar-refractivity contribution is -0.386. The van der Waals surface area contributed by atoms with Gasteiger partial charge in [0.05, 0.1) is 16.5 Å². The summed E-state index contributed by atoms with van der Waals surface area (Å²) in [5.74, 6) is -1.24. The zero-order valence-corrected chi connectivity index (χ0v) is 17.4. The van der Waals surface area contributed by atoms with Crippen LogP contribution in [0.4, 0.5) is 11.4 Å². The summed E-state index contributed by atoms with van der Waals surface area (Å²) in [6.45, 7) is 4.69. The number of halogens is 1. The first-order valence-electron chi connectivity index (χ1n) is 8.33. The van der Waals surface area contributed by atoms with Crippen LogP contribution in [0.25, 0.3) is 0 Å². The van der Waals surface area contributed by atoms with E-state index in [1.807, 2.05) is 0 Å². The number of rotatable bonds is 9. The molecule has 0 amide bonds. The molecule has 29 heavy (non-hydrogen) atoms. The smallest absolute Gasteiger partial charge is 0.313 e. The highest BCUT2D eigenvalue weighted by atomic mass is 35.5. The number of ether oxygens (including phenoxy) is 2. The second-order valence-electron chi connectivity index (χ2n) is 5.90. The van der Waals surface area contributed by atoms with Crippen molar-refractivity contribution in [2.75, 3.05) is 13.3 Å². The van der Waals surface area contributed by atoms with E-state index in [4.69, 9.17) is 25.6 Å². The molecule has 156 valence electrons. The van der Waals surface area contributed by atoms with Crippen molar-refractivity contribution in [1.82, 2.24) is 0 Å². The molecule has 0 heterocycles. The number of nitro groups is 2. The molecule has 0 saturated heterocycles. The third kappa shape index (κ3) is 5.66. The van der Waals surface area contributed by atoms with Gasteiger partial charge < -0.3 is 14.0 Å². The molecule has 12 heteroatoms. The van der Waals surface area contributed by atoms with E-state index in [0.717, 1.165) is 12.1 Å². The monoisotopic (exact) mass is 444 g/mol. The molecule has 0 aromatic heterocycles. The summed E-state index contributed by atoms with van der Waals surface area (Å²) in [4.78, 5) is 21.2. The molecule has 0 aliphatic rings. The van der Waals surface area contributed by atoms with Crippen LogP contribution in [0.5, 0.6) is 17.2 Å². The minimum absolute atomic E-state index is 0.0468. The van der Waals surface area contributed by atoms with Crippen molar-refractivity contribution in [2.24, 2.45) is 0 Å². The lowest BCUT2D eigenvalue weighted by Crippen LogP contribution is -2.14. The molecule has 0 bridgehead atoms. The minimum Gasteiger partial charge on any atom is -0.473 e. The molecule has 10 nitrogen and oxygen atoms in total. The number of benzene rings is 2. The van der Waals surface area contributed by atoms with E-state index in [9.17, 15) is 24.8 Å². The highest BCUT2D eigenvalue weighted by Crippen LogP contribution is 2.49. The van der Waals surface area contributed by atoms with Gasteiger partial charge in [-0.25, -0.2) is 0 Å². The van der Waals surface area contributed by atoms with Crippen molar-refractivity contribution in [3.8, 4) is 17.2 Å². The highest BCUT2D eigenvalue weighted by Gasteiger charge is 2.29. The first kappa shape index (κ1) is 22.6. The van der Waals surface area contributed by atoms with Crippen LogP contribution in [0, 0.1) is 20.2 Å². The molecular formula is C17H18ClN2O8P. The van der Waals surface area contributed by atoms with Gasteiger partial charge in [-0.2, -0.15) is 0 Å². The molecule has 2 rings (SSSR count). The van der Waals surface area contributed by atoms with Crippen molar-refractivity contribution in [3.63, 3.8) is 0 Å². The van der Waals surface area contributed by atoms with E-state index in [1.165, 1.54) is 37.9 Å². The van der Waals surface area contributed by atoms with E-state index in [0.29, 0.717) is 0 Å². The molecule has 2 atom stereocenters. The van der Waals surface area contributed by atoms with Gasteiger partial charge in [0, 0.05) is 29.9 Å². The Kier molecular flexibility index (Phi) is 7.18. The van der Waals surface area contributed by atoms with E-state index in [2.05, 4.69) is 0 Å². The van der Waals surface area contributed by atoms with Gasteiger partial charge in [-0.3, -0.25) is 24.8 Å². The zero-order valence-electron chi connectivity index (χ0n) is 15.7. The van der Waals surface area contributed by atoms with Crippen LogP contribution in [-0.4, -0.2) is 29.0 Å². The average molecular weight is 445 g/mol. The Balaban J connectivity index is 2.40. The summed E-state index contributed by atoms with van der Waals surface area (Å²) < 4.78 is 28.7. The first-order chi connectivity index (χ1) is 13.5. The van der Waals surface area contributed by atoms with Crippen molar-refractivity contribution in [2.45, 2.75) is 19.7 Å². The lowest BCUT2D eigenvalue weighted by Gasteiger charge is -2.21. The Labute approximate surface area is 171 Å². The third-order valence-corrected chi connectivity index (χ3v) is 6.25. The van der Waals surface area contributed by atoms with Crippen molar-refractivity contribution >= 4 is 30.3 Å². The van der Waals surface area contributed by atoms with Crippen LogP contribution in [-0.2, 0) is 9.09 Å². The van der Waals surface area contributed by atoms with Gasteiger partial charge in [-0.05, 0) is 32.0 Å². The van der Waals surface area contributed by atoms with Crippen molar-refractivity contribution < 1.29 is 28.4 Å². The Morgan fingerprint density at radius 1 is 1.07 bits per heavy atom. The van der Waals surface area contributed by atoms with Gasteiger partial charge in [0.25, 0.3) is 0 Å². The van der Waals surface area contributed by atoms with Gasteiger partial charge in [-0.1, -0.05) is 11.6 Å². The van der Waals surface area contributed by atoms with Crippen molar-refractivity contribution in [3.05, 3.63) is 61.6 Å². The highest BCUT2D eigenvalue weighted by molar-refractivity contribution is 7.58. The minimum atomic E-state index is -3.20. The van der Waals surface area contributed by atoms with Crippen LogP contribution in [0.15, 0.2) is 36.4 Å². The van der Waals surface area contributed by atoms with Gasteiger partial charge in [0.2, 0.25) is 18.9 Å².